The average Bonchev–Trinajstić information content (AvgIpc) is 3.23. The van der Waals surface area contributed by atoms with Crippen molar-refractivity contribution in [2.45, 2.75) is 52.5 Å². The molecule has 2 aliphatic rings. The van der Waals surface area contributed by atoms with E-state index in [2.05, 4.69) is 0 Å². The molecule has 0 bridgehead atoms. The number of amides is 1. The van der Waals surface area contributed by atoms with Crippen LogP contribution >= 0.6 is 0 Å². The van der Waals surface area contributed by atoms with Crippen molar-refractivity contribution in [1.29, 1.82) is 0 Å². The van der Waals surface area contributed by atoms with E-state index in [0.29, 0.717) is 30.9 Å². The predicted molar refractivity (Wildman–Crippen MR) is 111 cm³/mol. The third kappa shape index (κ3) is 4.83. The number of fused-ring (bicyclic) bond motifs is 1. The molecule has 1 saturated heterocycles. The SMILES string of the molecule is CCC(C)(C)C(=O)C(=O)N1CCCCC1C(=O)OC/C=C/c1ccc2c(c1)OCO2. The van der Waals surface area contributed by atoms with Crippen molar-refractivity contribution < 1.29 is 28.6 Å². The summed E-state index contributed by atoms with van der Waals surface area (Å²) in [7, 11) is 0. The number of ether oxygens (including phenoxy) is 3. The fourth-order valence-corrected chi connectivity index (χ4v) is 3.43. The molecule has 1 unspecified atom stereocenters. The van der Waals surface area contributed by atoms with Crippen LogP contribution in [0.5, 0.6) is 11.5 Å². The van der Waals surface area contributed by atoms with Crippen molar-refractivity contribution >= 4 is 23.7 Å². The molecule has 7 heteroatoms. The topological polar surface area (TPSA) is 82.1 Å². The monoisotopic (exact) mass is 415 g/mol. The second kappa shape index (κ2) is 9.32. The molecule has 1 aromatic carbocycles. The van der Waals surface area contributed by atoms with E-state index in [-0.39, 0.29) is 13.4 Å². The zero-order chi connectivity index (χ0) is 21.7. The molecule has 0 spiro atoms. The van der Waals surface area contributed by atoms with Crippen LogP contribution in [-0.4, -0.2) is 48.5 Å². The number of rotatable bonds is 7. The lowest BCUT2D eigenvalue weighted by Gasteiger charge is -2.35. The molecule has 1 fully saturated rings. The number of ketones is 1. The first kappa shape index (κ1) is 21.9. The maximum absolute atomic E-state index is 12.8. The maximum atomic E-state index is 12.8. The van der Waals surface area contributed by atoms with Crippen LogP contribution in [-0.2, 0) is 19.1 Å². The molecule has 1 aromatic rings. The summed E-state index contributed by atoms with van der Waals surface area (Å²) in [5.41, 5.74) is 0.160. The van der Waals surface area contributed by atoms with Crippen LogP contribution in [0.25, 0.3) is 6.08 Å². The van der Waals surface area contributed by atoms with Gasteiger partial charge in [-0.1, -0.05) is 32.9 Å². The number of likely N-dealkylation sites (tertiary alicyclic amines) is 1. The molecular weight excluding hydrogens is 386 g/mol. The fourth-order valence-electron chi connectivity index (χ4n) is 3.43. The molecule has 1 atom stereocenters. The third-order valence-corrected chi connectivity index (χ3v) is 5.76. The van der Waals surface area contributed by atoms with Crippen molar-refractivity contribution in [3.8, 4) is 11.5 Å². The van der Waals surface area contributed by atoms with Crippen LogP contribution < -0.4 is 9.47 Å². The van der Waals surface area contributed by atoms with Gasteiger partial charge in [-0.3, -0.25) is 9.59 Å². The summed E-state index contributed by atoms with van der Waals surface area (Å²) in [4.78, 5) is 39.4. The highest BCUT2D eigenvalue weighted by Gasteiger charge is 2.40. The molecule has 0 N–H and O–H groups in total. The number of carbonyl (C=O) groups is 3. The Kier molecular flexibility index (Phi) is 6.80. The standard InChI is InChI=1S/C23H29NO6/c1-4-23(2,3)20(25)21(26)24-12-6-5-9-17(24)22(27)28-13-7-8-16-10-11-18-19(14-16)30-15-29-18/h7-8,10-11,14,17H,4-6,9,12-13,15H2,1-3H3/b8-7+. The Balaban J connectivity index is 1.57. The van der Waals surface area contributed by atoms with Crippen molar-refractivity contribution in [3.63, 3.8) is 0 Å². The van der Waals surface area contributed by atoms with E-state index in [9.17, 15) is 14.4 Å². The Morgan fingerprint density at radius 2 is 1.97 bits per heavy atom. The van der Waals surface area contributed by atoms with Gasteiger partial charge in [0.05, 0.1) is 0 Å². The lowest BCUT2D eigenvalue weighted by atomic mass is 9.84. The number of carbonyl (C=O) groups excluding carboxylic acids is 3. The van der Waals surface area contributed by atoms with E-state index in [4.69, 9.17) is 14.2 Å². The van der Waals surface area contributed by atoms with Gasteiger partial charge < -0.3 is 19.1 Å². The lowest BCUT2D eigenvalue weighted by molar-refractivity contribution is -0.160. The van der Waals surface area contributed by atoms with E-state index in [0.717, 1.165) is 18.4 Å². The second-order valence-corrected chi connectivity index (χ2v) is 8.22. The zero-order valence-electron chi connectivity index (χ0n) is 17.8. The van der Waals surface area contributed by atoms with Gasteiger partial charge in [-0.15, -0.1) is 0 Å². The van der Waals surface area contributed by atoms with Crippen molar-refractivity contribution in [2.75, 3.05) is 19.9 Å². The molecule has 162 valence electrons. The first-order valence-electron chi connectivity index (χ1n) is 10.4. The van der Waals surface area contributed by atoms with Crippen LogP contribution in [0, 0.1) is 5.41 Å². The fraction of sp³-hybridized carbons (Fsp3) is 0.522. The van der Waals surface area contributed by atoms with Crippen molar-refractivity contribution in [3.05, 3.63) is 29.8 Å². The number of Topliss-reactive ketones (excluding diaryl/α,β-unsaturated/α-hetero) is 1. The van der Waals surface area contributed by atoms with Gasteiger partial charge in [0.25, 0.3) is 5.91 Å². The van der Waals surface area contributed by atoms with Gasteiger partial charge in [0.2, 0.25) is 12.6 Å². The summed E-state index contributed by atoms with van der Waals surface area (Å²) < 4.78 is 16.0. The van der Waals surface area contributed by atoms with Gasteiger partial charge in [0, 0.05) is 12.0 Å². The summed E-state index contributed by atoms with van der Waals surface area (Å²) in [5.74, 6) is -0.112. The molecular formula is C23H29NO6. The quantitative estimate of drug-likeness (QED) is 0.502. The van der Waals surface area contributed by atoms with Gasteiger partial charge in [-0.05, 0) is 49.5 Å². The molecule has 3 rings (SSSR count). The first-order valence-corrected chi connectivity index (χ1v) is 10.4. The average molecular weight is 415 g/mol. The van der Waals surface area contributed by atoms with Crippen molar-refractivity contribution in [1.82, 2.24) is 4.90 Å². The molecule has 7 nitrogen and oxygen atoms in total. The summed E-state index contributed by atoms with van der Waals surface area (Å²) >= 11 is 0. The maximum Gasteiger partial charge on any atom is 0.329 e. The third-order valence-electron chi connectivity index (χ3n) is 5.76. The van der Waals surface area contributed by atoms with Gasteiger partial charge in [-0.25, -0.2) is 4.79 Å². The van der Waals surface area contributed by atoms with E-state index in [1.165, 1.54) is 4.90 Å². The normalized spacial score (nSPS) is 18.5. The van der Waals surface area contributed by atoms with E-state index in [1.54, 1.807) is 19.9 Å². The number of benzene rings is 1. The minimum atomic E-state index is -0.740. The van der Waals surface area contributed by atoms with Crippen LogP contribution in [0.2, 0.25) is 0 Å². The van der Waals surface area contributed by atoms with E-state index < -0.39 is 29.1 Å². The minimum Gasteiger partial charge on any atom is -0.460 e. The molecule has 0 radical (unpaired) electrons. The molecule has 2 heterocycles. The zero-order valence-corrected chi connectivity index (χ0v) is 17.8. The molecule has 0 aliphatic carbocycles. The van der Waals surface area contributed by atoms with Gasteiger partial charge >= 0.3 is 5.97 Å². The minimum absolute atomic E-state index is 0.0835. The Hall–Kier alpha value is -2.83. The van der Waals surface area contributed by atoms with E-state index in [1.807, 2.05) is 31.2 Å². The number of hydrogen-bond donors (Lipinski definition) is 0. The molecule has 2 aliphatic heterocycles. The van der Waals surface area contributed by atoms with Gasteiger partial charge in [-0.2, -0.15) is 0 Å². The van der Waals surface area contributed by atoms with Crippen LogP contribution in [0.15, 0.2) is 24.3 Å². The second-order valence-electron chi connectivity index (χ2n) is 8.22. The van der Waals surface area contributed by atoms with Gasteiger partial charge in [0.15, 0.2) is 11.5 Å². The summed E-state index contributed by atoms with van der Waals surface area (Å²) in [6, 6.07) is 4.85. The van der Waals surface area contributed by atoms with Crippen LogP contribution in [0.3, 0.4) is 0 Å². The Morgan fingerprint density at radius 1 is 1.20 bits per heavy atom. The highest BCUT2D eigenvalue weighted by molar-refractivity contribution is 6.38. The molecule has 0 aromatic heterocycles. The molecule has 30 heavy (non-hydrogen) atoms. The highest BCUT2D eigenvalue weighted by atomic mass is 16.7. The summed E-state index contributed by atoms with van der Waals surface area (Å²) in [6.45, 7) is 6.09. The number of esters is 1. The Labute approximate surface area is 177 Å². The largest absolute Gasteiger partial charge is 0.460 e. The number of piperidine rings is 1. The van der Waals surface area contributed by atoms with Crippen LogP contribution in [0.1, 0.15) is 52.0 Å². The lowest BCUT2D eigenvalue weighted by Crippen LogP contribution is -2.53. The molecule has 0 saturated carbocycles. The van der Waals surface area contributed by atoms with E-state index >= 15 is 0 Å². The first-order chi connectivity index (χ1) is 14.3. The summed E-state index contributed by atoms with van der Waals surface area (Å²) in [6.07, 6.45) is 6.23. The summed E-state index contributed by atoms with van der Waals surface area (Å²) in [5, 5.41) is 0. The number of nitrogens with zero attached hydrogens (tertiary/aromatic N) is 1. The smallest absolute Gasteiger partial charge is 0.329 e. The highest BCUT2D eigenvalue weighted by Crippen LogP contribution is 2.32. The van der Waals surface area contributed by atoms with Crippen molar-refractivity contribution in [2.24, 2.45) is 5.41 Å². The Morgan fingerprint density at radius 3 is 2.73 bits per heavy atom. The van der Waals surface area contributed by atoms with Crippen LogP contribution in [0.4, 0.5) is 0 Å². The van der Waals surface area contributed by atoms with Gasteiger partial charge in [0.1, 0.15) is 12.6 Å². The number of hydrogen-bond acceptors (Lipinski definition) is 6. The molecule has 1 amide bonds. The predicted octanol–water partition coefficient (Wildman–Crippen LogP) is 3.36. The Bertz CT molecular complexity index is 844.